The van der Waals surface area contributed by atoms with Gasteiger partial charge >= 0.3 is 0 Å². The van der Waals surface area contributed by atoms with Crippen molar-refractivity contribution in [1.82, 2.24) is 19.8 Å². The van der Waals surface area contributed by atoms with E-state index in [1.807, 2.05) is 17.0 Å². The van der Waals surface area contributed by atoms with Crippen molar-refractivity contribution in [1.29, 1.82) is 0 Å². The summed E-state index contributed by atoms with van der Waals surface area (Å²) in [7, 11) is -1.76. The molecule has 0 bridgehead atoms. The number of amides is 1. The maximum Gasteiger partial charge on any atom is 0.235 e. The highest BCUT2D eigenvalue weighted by Gasteiger charge is 2.43. The van der Waals surface area contributed by atoms with Crippen LogP contribution in [-0.2, 0) is 21.2 Å². The fourth-order valence-electron chi connectivity index (χ4n) is 7.57. The third kappa shape index (κ3) is 7.32. The summed E-state index contributed by atoms with van der Waals surface area (Å²) >= 11 is 3.54. The Hall–Kier alpha value is -3.62. The summed E-state index contributed by atoms with van der Waals surface area (Å²) in [5.74, 6) is 3.00. The lowest BCUT2D eigenvalue weighted by atomic mass is 10.00. The van der Waals surface area contributed by atoms with Crippen LogP contribution in [0.15, 0.2) is 47.1 Å². The molecule has 1 saturated carbocycles. The molecule has 0 unspecified atom stereocenters. The van der Waals surface area contributed by atoms with Gasteiger partial charge in [-0.05, 0) is 83.6 Å². The molecule has 4 fully saturated rings. The van der Waals surface area contributed by atoms with Crippen LogP contribution in [-0.4, -0.2) is 91.8 Å². The molecule has 49 heavy (non-hydrogen) atoms. The van der Waals surface area contributed by atoms with E-state index >= 15 is 0 Å². The molecule has 262 valence electrons. The van der Waals surface area contributed by atoms with Gasteiger partial charge in [0.05, 0.1) is 33.9 Å². The predicted molar refractivity (Wildman–Crippen MR) is 197 cm³/mol. The normalized spacial score (nSPS) is 21.5. The molecule has 1 amide bonds. The summed E-state index contributed by atoms with van der Waals surface area (Å²) in [4.78, 5) is 28.3. The van der Waals surface area contributed by atoms with Crippen molar-refractivity contribution in [3.63, 3.8) is 0 Å². The maximum atomic E-state index is 12.6. The first-order valence-electron chi connectivity index (χ1n) is 17.2. The largest absolute Gasteiger partial charge is 0.494 e. The van der Waals surface area contributed by atoms with Crippen molar-refractivity contribution in [2.24, 2.45) is 11.8 Å². The van der Waals surface area contributed by atoms with E-state index in [1.54, 1.807) is 32.4 Å². The average Bonchev–Trinajstić information content (AvgIpc) is 3.78. The molecular weight excluding hydrogens is 708 g/mol. The number of benzene rings is 2. The van der Waals surface area contributed by atoms with E-state index < -0.39 is 10.0 Å². The minimum Gasteiger partial charge on any atom is -0.494 e. The van der Waals surface area contributed by atoms with Gasteiger partial charge in [0, 0.05) is 70.2 Å². The van der Waals surface area contributed by atoms with Crippen LogP contribution in [0, 0.1) is 11.8 Å². The number of fused-ring (bicyclic) bond motifs is 1. The molecule has 3 aromatic rings. The number of aromatic nitrogens is 2. The predicted octanol–water partition coefficient (Wildman–Crippen LogP) is 5.58. The summed E-state index contributed by atoms with van der Waals surface area (Å²) in [5.41, 5.74) is 4.24. The number of hydrogen-bond acceptors (Lipinski definition) is 10. The minimum absolute atomic E-state index is 0.207. The number of rotatable bonds is 11. The summed E-state index contributed by atoms with van der Waals surface area (Å²) in [6.07, 6.45) is 6.13. The van der Waals surface area contributed by atoms with E-state index in [2.05, 4.69) is 65.1 Å². The molecule has 4 heterocycles. The number of carbonyl (C=O) groups is 1. The molecule has 1 aliphatic carbocycles. The summed E-state index contributed by atoms with van der Waals surface area (Å²) in [5, 5.41) is 6.30. The van der Waals surface area contributed by atoms with E-state index in [9.17, 15) is 13.2 Å². The minimum atomic E-state index is -3.43. The zero-order valence-electron chi connectivity index (χ0n) is 28.3. The zero-order valence-corrected chi connectivity index (χ0v) is 30.7. The van der Waals surface area contributed by atoms with E-state index in [-0.39, 0.29) is 11.2 Å². The fourth-order valence-corrected chi connectivity index (χ4v) is 9.27. The number of likely N-dealkylation sites (tertiary alicyclic amines) is 2. The van der Waals surface area contributed by atoms with Gasteiger partial charge in [0.1, 0.15) is 11.6 Å². The van der Waals surface area contributed by atoms with E-state index in [1.165, 1.54) is 11.3 Å². The second-order valence-corrected chi connectivity index (χ2v) is 16.5. The van der Waals surface area contributed by atoms with Gasteiger partial charge in [0.25, 0.3) is 0 Å². The van der Waals surface area contributed by atoms with E-state index in [4.69, 9.17) is 9.72 Å². The number of methoxy groups -OCH3 is 1. The second-order valence-electron chi connectivity index (χ2n) is 13.7. The Kier molecular flexibility index (Phi) is 9.64. The lowest BCUT2D eigenvalue weighted by molar-refractivity contribution is -0.128. The summed E-state index contributed by atoms with van der Waals surface area (Å²) < 4.78 is 34.5. The molecule has 1 aromatic heterocycles. The molecule has 0 spiro atoms. The number of nitrogens with one attached hydrogen (secondary N) is 3. The topological polar surface area (TPSA) is 132 Å². The number of ether oxygens (including phenoxy) is 1. The van der Waals surface area contributed by atoms with Crippen LogP contribution in [0.2, 0.25) is 0 Å². The van der Waals surface area contributed by atoms with Crippen molar-refractivity contribution in [2.75, 3.05) is 66.6 Å². The molecule has 2 atom stereocenters. The van der Waals surface area contributed by atoms with Crippen molar-refractivity contribution < 1.29 is 17.9 Å². The molecular formula is C35H45BrN8O4S. The van der Waals surface area contributed by atoms with Gasteiger partial charge in [-0.3, -0.25) is 14.4 Å². The Morgan fingerprint density at radius 3 is 2.31 bits per heavy atom. The highest BCUT2D eigenvalue weighted by molar-refractivity contribution is 9.10. The Balaban J connectivity index is 1.03. The highest BCUT2D eigenvalue weighted by Crippen LogP contribution is 2.39. The molecule has 2 aromatic carbocycles. The van der Waals surface area contributed by atoms with Crippen LogP contribution in [0.1, 0.15) is 45.1 Å². The lowest BCUT2D eigenvalue weighted by Gasteiger charge is -2.39. The Morgan fingerprint density at radius 2 is 1.67 bits per heavy atom. The van der Waals surface area contributed by atoms with Gasteiger partial charge < -0.3 is 25.2 Å². The summed E-state index contributed by atoms with van der Waals surface area (Å²) in [6, 6.07) is 12.0. The number of para-hydroxylation sites is 2. The number of nitrogens with zero attached hydrogens (tertiary/aromatic N) is 5. The Bertz CT molecular complexity index is 1800. The average molecular weight is 754 g/mol. The first-order valence-corrected chi connectivity index (χ1v) is 19.6. The van der Waals surface area contributed by atoms with Gasteiger partial charge in [0.2, 0.25) is 21.9 Å². The Morgan fingerprint density at radius 1 is 0.980 bits per heavy atom. The van der Waals surface area contributed by atoms with E-state index in [0.29, 0.717) is 64.1 Å². The molecule has 3 saturated heterocycles. The second kappa shape index (κ2) is 13.9. The summed E-state index contributed by atoms with van der Waals surface area (Å²) in [6.45, 7) is 9.87. The van der Waals surface area contributed by atoms with Gasteiger partial charge in [-0.1, -0.05) is 19.1 Å². The maximum absolute atomic E-state index is 12.6. The zero-order chi connectivity index (χ0) is 34.3. The van der Waals surface area contributed by atoms with Crippen molar-refractivity contribution in [3.05, 3.63) is 52.6 Å². The third-order valence-corrected chi connectivity index (χ3v) is 12.9. The first kappa shape index (κ1) is 33.9. The van der Waals surface area contributed by atoms with Gasteiger partial charge in [-0.25, -0.2) is 13.4 Å². The molecule has 4 aliphatic rings. The van der Waals surface area contributed by atoms with Gasteiger partial charge in [-0.15, -0.1) is 0 Å². The van der Waals surface area contributed by atoms with Crippen LogP contribution < -0.4 is 25.0 Å². The molecule has 0 radical (unpaired) electrons. The van der Waals surface area contributed by atoms with Crippen molar-refractivity contribution in [2.45, 2.75) is 57.2 Å². The smallest absolute Gasteiger partial charge is 0.235 e. The van der Waals surface area contributed by atoms with Gasteiger partial charge in [0.15, 0.2) is 0 Å². The first-order chi connectivity index (χ1) is 23.6. The molecule has 12 nitrogen and oxygen atoms in total. The van der Waals surface area contributed by atoms with Crippen LogP contribution in [0.5, 0.6) is 5.75 Å². The van der Waals surface area contributed by atoms with Crippen LogP contribution in [0.4, 0.5) is 34.5 Å². The monoisotopic (exact) mass is 752 g/mol. The van der Waals surface area contributed by atoms with Crippen LogP contribution in [0.3, 0.4) is 0 Å². The van der Waals surface area contributed by atoms with Crippen LogP contribution >= 0.6 is 15.9 Å². The Labute approximate surface area is 297 Å². The van der Waals surface area contributed by atoms with E-state index in [0.717, 1.165) is 64.2 Å². The SMILES string of the molecule is CCc1cc(Nc2ncc(Br)c(Nc3ccccc3NS(=O)(=O)C3CC3)n2)c(OC)cc1N1CCC(N2C[C@H]3CN(C(C)=O)C[C@H]3C2)CC1. The van der Waals surface area contributed by atoms with Crippen molar-refractivity contribution >= 4 is 66.4 Å². The number of hydrogen-bond donors (Lipinski definition) is 3. The van der Waals surface area contributed by atoms with Gasteiger partial charge in [-0.2, -0.15) is 4.98 Å². The third-order valence-electron chi connectivity index (χ3n) is 10.4. The number of carbonyl (C=O) groups excluding carboxylic acids is 1. The number of anilines is 6. The number of halogens is 1. The molecule has 3 N–H and O–H groups in total. The molecule has 3 aliphatic heterocycles. The lowest BCUT2D eigenvalue weighted by Crippen LogP contribution is -2.45. The highest BCUT2D eigenvalue weighted by atomic mass is 79.9. The standard InChI is InChI=1S/C35H45BrN8O4S/c1-4-23-15-31(39-35-37-17-28(36)34(40-35)38-29-7-5-6-8-30(29)41-49(46,47)27-9-10-27)33(48-3)16-32(23)42-13-11-26(12-14-42)44-20-24-18-43(22(2)45)19-25(24)21-44/h5-8,15-17,24-27,41H,4,9-14,18-21H2,1-3H3,(H2,37,38,39,40)/t24-,25+. The number of sulfonamides is 1. The molecule has 7 rings (SSSR count). The van der Waals surface area contributed by atoms with Crippen LogP contribution in [0.25, 0.3) is 0 Å². The molecule has 14 heteroatoms. The number of piperidine rings is 1. The van der Waals surface area contributed by atoms with Crippen molar-refractivity contribution in [3.8, 4) is 5.75 Å². The number of aryl methyl sites for hydroxylation is 1. The fraction of sp³-hybridized carbons (Fsp3) is 0.514. The quantitative estimate of drug-likeness (QED) is 0.228.